The van der Waals surface area contributed by atoms with Crippen molar-refractivity contribution in [1.82, 2.24) is 4.57 Å². The van der Waals surface area contributed by atoms with Crippen molar-refractivity contribution < 1.29 is 4.79 Å². The summed E-state index contributed by atoms with van der Waals surface area (Å²) in [5.74, 6) is -0.294. The number of aromatic nitrogens is 1. The van der Waals surface area contributed by atoms with Gasteiger partial charge in [0.2, 0.25) is 5.91 Å². The van der Waals surface area contributed by atoms with Gasteiger partial charge in [-0.3, -0.25) is 14.2 Å². The topological polar surface area (TPSA) is 77.1 Å². The predicted molar refractivity (Wildman–Crippen MR) is 84.3 cm³/mol. The second-order valence-corrected chi connectivity index (χ2v) is 5.45. The van der Waals surface area contributed by atoms with Crippen LogP contribution in [0.25, 0.3) is 0 Å². The minimum atomic E-state index is -0.294. The lowest BCUT2D eigenvalue weighted by atomic mass is 10.2. The molecular weight excluding hydrogens is 294 g/mol. The zero-order valence-corrected chi connectivity index (χ0v) is 12.4. The standard InChI is InChI=1S/C13H13N3O2S2/c1-8-7-20-13(18)16(8)6-11(17)15-10-5-3-2-4-9(10)12(14)19/h2-5,7H,6H2,1H3,(H2,14,19)(H,15,17). The summed E-state index contributed by atoms with van der Waals surface area (Å²) in [6.07, 6.45) is 0. The van der Waals surface area contributed by atoms with E-state index in [4.69, 9.17) is 18.0 Å². The molecule has 1 heterocycles. The summed E-state index contributed by atoms with van der Waals surface area (Å²) >= 11 is 6.01. The fourth-order valence-electron chi connectivity index (χ4n) is 1.74. The quantitative estimate of drug-likeness (QED) is 0.839. The number of para-hydroxylation sites is 1. The molecule has 0 fully saturated rings. The molecule has 0 unspecified atom stereocenters. The van der Waals surface area contributed by atoms with Gasteiger partial charge in [-0.05, 0) is 19.1 Å². The van der Waals surface area contributed by atoms with Crippen LogP contribution in [-0.2, 0) is 11.3 Å². The maximum absolute atomic E-state index is 12.0. The van der Waals surface area contributed by atoms with E-state index in [0.717, 1.165) is 17.0 Å². The molecule has 0 saturated heterocycles. The van der Waals surface area contributed by atoms with Gasteiger partial charge in [0.25, 0.3) is 0 Å². The fraction of sp³-hybridized carbons (Fsp3) is 0.154. The van der Waals surface area contributed by atoms with Crippen molar-refractivity contribution in [2.75, 3.05) is 5.32 Å². The smallest absolute Gasteiger partial charge is 0.307 e. The van der Waals surface area contributed by atoms with Gasteiger partial charge in [-0.1, -0.05) is 35.7 Å². The summed E-state index contributed by atoms with van der Waals surface area (Å²) in [4.78, 5) is 23.6. The summed E-state index contributed by atoms with van der Waals surface area (Å²) in [6, 6.07) is 7.02. The molecule has 0 bridgehead atoms. The Morgan fingerprint density at radius 3 is 2.75 bits per heavy atom. The van der Waals surface area contributed by atoms with Crippen LogP contribution >= 0.6 is 23.6 Å². The van der Waals surface area contributed by atoms with Gasteiger partial charge in [-0.15, -0.1) is 0 Å². The number of thiocarbonyl (C=S) groups is 1. The zero-order valence-electron chi connectivity index (χ0n) is 10.8. The molecule has 0 atom stereocenters. The Morgan fingerprint density at radius 1 is 1.45 bits per heavy atom. The molecule has 0 spiro atoms. The number of amides is 1. The number of nitrogens with zero attached hydrogens (tertiary/aromatic N) is 1. The van der Waals surface area contributed by atoms with E-state index in [1.807, 2.05) is 0 Å². The molecule has 0 aliphatic carbocycles. The number of carbonyl (C=O) groups is 1. The van der Waals surface area contributed by atoms with Crippen molar-refractivity contribution in [3.05, 3.63) is 50.6 Å². The van der Waals surface area contributed by atoms with Gasteiger partial charge in [-0.25, -0.2) is 0 Å². The molecule has 1 amide bonds. The summed E-state index contributed by atoms with van der Waals surface area (Å²) < 4.78 is 1.42. The molecule has 2 rings (SSSR count). The third kappa shape index (κ3) is 3.12. The third-order valence-electron chi connectivity index (χ3n) is 2.74. The fourth-order valence-corrected chi connectivity index (χ4v) is 2.65. The van der Waals surface area contributed by atoms with Crippen molar-refractivity contribution in [3.8, 4) is 0 Å². The van der Waals surface area contributed by atoms with Crippen LogP contribution in [0.4, 0.5) is 5.69 Å². The second kappa shape index (κ2) is 5.98. The molecule has 3 N–H and O–H groups in total. The lowest BCUT2D eigenvalue weighted by Gasteiger charge is -2.10. The number of hydrogen-bond acceptors (Lipinski definition) is 4. The molecule has 7 heteroatoms. The molecule has 1 aromatic heterocycles. The first-order chi connectivity index (χ1) is 9.49. The Labute approximate surface area is 125 Å². The summed E-state index contributed by atoms with van der Waals surface area (Å²) in [5.41, 5.74) is 7.51. The minimum absolute atomic E-state index is 0.0279. The molecular formula is C13H13N3O2S2. The van der Waals surface area contributed by atoms with Crippen LogP contribution in [0.3, 0.4) is 0 Å². The number of hydrogen-bond donors (Lipinski definition) is 2. The van der Waals surface area contributed by atoms with Gasteiger partial charge in [0.15, 0.2) is 0 Å². The van der Waals surface area contributed by atoms with E-state index in [1.54, 1.807) is 36.6 Å². The first-order valence-corrected chi connectivity index (χ1v) is 7.11. The number of nitrogens with two attached hydrogens (primary N) is 1. The lowest BCUT2D eigenvalue weighted by molar-refractivity contribution is -0.116. The highest BCUT2D eigenvalue weighted by atomic mass is 32.1. The van der Waals surface area contributed by atoms with E-state index in [-0.39, 0.29) is 22.3 Å². The Kier molecular flexibility index (Phi) is 4.31. The van der Waals surface area contributed by atoms with E-state index >= 15 is 0 Å². The van der Waals surface area contributed by atoms with Gasteiger partial charge >= 0.3 is 4.87 Å². The van der Waals surface area contributed by atoms with Crippen LogP contribution in [0.1, 0.15) is 11.3 Å². The molecule has 0 radical (unpaired) electrons. The summed E-state index contributed by atoms with van der Waals surface area (Å²) in [6.45, 7) is 1.76. The molecule has 104 valence electrons. The third-order valence-corrected chi connectivity index (χ3v) is 3.85. The Bertz CT molecular complexity index is 718. The van der Waals surface area contributed by atoms with E-state index in [2.05, 4.69) is 5.32 Å². The number of thiazole rings is 1. The summed E-state index contributed by atoms with van der Waals surface area (Å²) in [7, 11) is 0. The number of aryl methyl sites for hydroxylation is 1. The van der Waals surface area contributed by atoms with E-state index in [9.17, 15) is 9.59 Å². The van der Waals surface area contributed by atoms with Gasteiger partial charge in [0, 0.05) is 16.6 Å². The highest BCUT2D eigenvalue weighted by Crippen LogP contribution is 2.14. The van der Waals surface area contributed by atoms with Crippen LogP contribution in [-0.4, -0.2) is 15.5 Å². The molecule has 5 nitrogen and oxygen atoms in total. The van der Waals surface area contributed by atoms with E-state index in [1.165, 1.54) is 4.57 Å². The van der Waals surface area contributed by atoms with E-state index in [0.29, 0.717) is 11.3 Å². The minimum Gasteiger partial charge on any atom is -0.389 e. The van der Waals surface area contributed by atoms with Gasteiger partial charge in [0.1, 0.15) is 11.5 Å². The Morgan fingerprint density at radius 2 is 2.15 bits per heavy atom. The molecule has 0 aliphatic rings. The average Bonchev–Trinajstić information content (AvgIpc) is 2.71. The SMILES string of the molecule is Cc1csc(=O)n1CC(=O)Nc1ccccc1C(N)=S. The molecule has 2 aromatic rings. The highest BCUT2D eigenvalue weighted by molar-refractivity contribution is 7.80. The number of rotatable bonds is 4. The van der Waals surface area contributed by atoms with Crippen LogP contribution in [0, 0.1) is 6.92 Å². The monoisotopic (exact) mass is 307 g/mol. The van der Waals surface area contributed by atoms with Crippen LogP contribution in [0.2, 0.25) is 0 Å². The Hall–Kier alpha value is -1.99. The molecule has 0 saturated carbocycles. The maximum atomic E-state index is 12.0. The average molecular weight is 307 g/mol. The summed E-state index contributed by atoms with van der Waals surface area (Å²) in [5, 5.41) is 4.44. The number of carbonyl (C=O) groups excluding carboxylic acids is 1. The van der Waals surface area contributed by atoms with Crippen LogP contribution in [0.15, 0.2) is 34.4 Å². The Balaban J connectivity index is 2.17. The predicted octanol–water partition coefficient (Wildman–Crippen LogP) is 1.49. The maximum Gasteiger partial charge on any atom is 0.307 e. The second-order valence-electron chi connectivity index (χ2n) is 4.19. The van der Waals surface area contributed by atoms with Crippen molar-refractivity contribution in [2.24, 2.45) is 5.73 Å². The van der Waals surface area contributed by atoms with Gasteiger partial charge < -0.3 is 11.1 Å². The zero-order chi connectivity index (χ0) is 14.7. The highest BCUT2D eigenvalue weighted by Gasteiger charge is 2.11. The lowest BCUT2D eigenvalue weighted by Crippen LogP contribution is -2.26. The normalized spacial score (nSPS) is 10.2. The molecule has 20 heavy (non-hydrogen) atoms. The number of nitrogens with one attached hydrogen (secondary N) is 1. The van der Waals surface area contributed by atoms with Crippen LogP contribution < -0.4 is 15.9 Å². The van der Waals surface area contributed by atoms with Crippen LogP contribution in [0.5, 0.6) is 0 Å². The first-order valence-electron chi connectivity index (χ1n) is 5.82. The van der Waals surface area contributed by atoms with E-state index < -0.39 is 0 Å². The molecule has 0 aliphatic heterocycles. The van der Waals surface area contributed by atoms with Gasteiger partial charge in [0.05, 0.1) is 5.69 Å². The largest absolute Gasteiger partial charge is 0.389 e. The number of benzene rings is 1. The van der Waals surface area contributed by atoms with Crippen molar-refractivity contribution in [3.63, 3.8) is 0 Å². The number of anilines is 1. The van der Waals surface area contributed by atoms with Crippen molar-refractivity contribution in [1.29, 1.82) is 0 Å². The van der Waals surface area contributed by atoms with Crippen molar-refractivity contribution in [2.45, 2.75) is 13.5 Å². The van der Waals surface area contributed by atoms with Crippen molar-refractivity contribution >= 4 is 40.1 Å². The van der Waals surface area contributed by atoms with Gasteiger partial charge in [-0.2, -0.15) is 0 Å². The molecule has 1 aromatic carbocycles. The first kappa shape index (κ1) is 14.4.